The molecule has 23 heavy (non-hydrogen) atoms. The number of Topliss-reactive ketones (excluding diaryl/α,β-unsaturated/α-hetero) is 1. The molecular weight excluding hydrogens is 290 g/mol. The average molecular weight is 317 g/mol. The van der Waals surface area contributed by atoms with E-state index in [4.69, 9.17) is 4.84 Å². The van der Waals surface area contributed by atoms with Gasteiger partial charge in [0.15, 0.2) is 5.78 Å². The molecule has 1 aromatic rings. The lowest BCUT2D eigenvalue weighted by Crippen LogP contribution is -2.39. The van der Waals surface area contributed by atoms with Gasteiger partial charge in [-0.1, -0.05) is 25.1 Å². The first-order valence-electron chi connectivity index (χ1n) is 8.10. The highest BCUT2D eigenvalue weighted by molar-refractivity contribution is 6.20. The Morgan fingerprint density at radius 1 is 1.26 bits per heavy atom. The molecule has 1 aromatic carbocycles. The van der Waals surface area contributed by atoms with Crippen molar-refractivity contribution in [3.8, 4) is 0 Å². The normalized spacial score (nSPS) is 19.3. The van der Waals surface area contributed by atoms with Crippen LogP contribution in [0.3, 0.4) is 0 Å². The molecule has 0 spiro atoms. The van der Waals surface area contributed by atoms with Crippen molar-refractivity contribution in [3.05, 3.63) is 40.6 Å². The third-order valence-corrected chi connectivity index (χ3v) is 5.12. The second-order valence-corrected chi connectivity index (χ2v) is 6.70. The standard InChI is InChI=1S/C19H27NO3/c1-13-7-6-8-16(14(13)2)17(15(3)21)18(22)19(4)9-11-20(23-5)12-10-19/h6-8,22H,9-12H2,1-5H3/b18-17-. The largest absolute Gasteiger partial charge is 0.511 e. The smallest absolute Gasteiger partial charge is 0.163 e. The number of hydrogen-bond acceptors (Lipinski definition) is 4. The Kier molecular flexibility index (Phi) is 5.27. The Labute approximate surface area is 138 Å². The van der Waals surface area contributed by atoms with Crippen LogP contribution in [0.1, 0.15) is 43.4 Å². The maximum Gasteiger partial charge on any atom is 0.163 e. The summed E-state index contributed by atoms with van der Waals surface area (Å²) in [6.07, 6.45) is 1.52. The number of aryl methyl sites for hydroxylation is 1. The van der Waals surface area contributed by atoms with Crippen molar-refractivity contribution in [2.24, 2.45) is 5.41 Å². The summed E-state index contributed by atoms with van der Waals surface area (Å²) in [5.41, 5.74) is 3.06. The van der Waals surface area contributed by atoms with Gasteiger partial charge >= 0.3 is 0 Å². The van der Waals surface area contributed by atoms with E-state index in [0.717, 1.165) is 42.6 Å². The quantitative estimate of drug-likeness (QED) is 0.677. The van der Waals surface area contributed by atoms with Crippen molar-refractivity contribution in [1.29, 1.82) is 0 Å². The molecule has 0 aromatic heterocycles. The number of rotatable bonds is 4. The van der Waals surface area contributed by atoms with Crippen LogP contribution in [0.4, 0.5) is 0 Å². The van der Waals surface area contributed by atoms with Crippen LogP contribution in [-0.4, -0.2) is 36.2 Å². The number of allylic oxidation sites excluding steroid dienone is 2. The van der Waals surface area contributed by atoms with E-state index in [0.29, 0.717) is 5.57 Å². The van der Waals surface area contributed by atoms with Crippen LogP contribution in [-0.2, 0) is 9.63 Å². The molecule has 1 aliphatic rings. The first-order valence-corrected chi connectivity index (χ1v) is 8.10. The van der Waals surface area contributed by atoms with E-state index in [1.165, 1.54) is 6.92 Å². The third-order valence-electron chi connectivity index (χ3n) is 5.12. The minimum Gasteiger partial charge on any atom is -0.511 e. The molecule has 0 radical (unpaired) electrons. The number of piperidine rings is 1. The van der Waals surface area contributed by atoms with E-state index in [1.807, 2.05) is 44.0 Å². The summed E-state index contributed by atoms with van der Waals surface area (Å²) >= 11 is 0. The van der Waals surface area contributed by atoms with Crippen LogP contribution in [0.15, 0.2) is 24.0 Å². The SMILES string of the molecule is CON1CCC(C)(/C(O)=C(\C(C)=O)c2cccc(C)c2C)CC1. The summed E-state index contributed by atoms with van der Waals surface area (Å²) in [5, 5.41) is 12.9. The van der Waals surface area contributed by atoms with Crippen molar-refractivity contribution in [2.45, 2.75) is 40.5 Å². The molecule has 0 bridgehead atoms. The van der Waals surface area contributed by atoms with Crippen LogP contribution in [0.25, 0.3) is 5.57 Å². The van der Waals surface area contributed by atoms with Gasteiger partial charge in [0.25, 0.3) is 0 Å². The average Bonchev–Trinajstić information content (AvgIpc) is 2.52. The van der Waals surface area contributed by atoms with Gasteiger partial charge in [0.05, 0.1) is 12.7 Å². The van der Waals surface area contributed by atoms with Gasteiger partial charge in [0.1, 0.15) is 5.76 Å². The van der Waals surface area contributed by atoms with Crippen molar-refractivity contribution >= 4 is 11.4 Å². The number of ketones is 1. The van der Waals surface area contributed by atoms with Gasteiger partial charge in [-0.25, -0.2) is 0 Å². The Bertz CT molecular complexity index is 626. The highest BCUT2D eigenvalue weighted by atomic mass is 16.7. The molecule has 0 aliphatic carbocycles. The lowest BCUT2D eigenvalue weighted by molar-refractivity contribution is -0.156. The van der Waals surface area contributed by atoms with Crippen LogP contribution in [0, 0.1) is 19.3 Å². The lowest BCUT2D eigenvalue weighted by atomic mass is 9.75. The minimum atomic E-state index is -0.397. The van der Waals surface area contributed by atoms with E-state index >= 15 is 0 Å². The van der Waals surface area contributed by atoms with Crippen molar-refractivity contribution in [1.82, 2.24) is 5.06 Å². The van der Waals surface area contributed by atoms with Gasteiger partial charge in [-0.05, 0) is 50.3 Å². The van der Waals surface area contributed by atoms with Gasteiger partial charge < -0.3 is 9.94 Å². The number of nitrogens with zero attached hydrogens (tertiary/aromatic N) is 1. The molecule has 2 rings (SSSR count). The zero-order valence-electron chi connectivity index (χ0n) is 14.8. The molecule has 0 saturated carbocycles. The van der Waals surface area contributed by atoms with Crippen molar-refractivity contribution in [2.75, 3.05) is 20.2 Å². The zero-order valence-corrected chi connectivity index (χ0v) is 14.8. The predicted molar refractivity (Wildman–Crippen MR) is 92.1 cm³/mol. The molecule has 0 atom stereocenters. The molecule has 0 unspecified atom stereocenters. The number of carbonyl (C=O) groups excluding carboxylic acids is 1. The van der Waals surface area contributed by atoms with E-state index in [9.17, 15) is 9.90 Å². The minimum absolute atomic E-state index is 0.0911. The Balaban J connectivity index is 2.49. The highest BCUT2D eigenvalue weighted by Crippen LogP contribution is 2.41. The van der Waals surface area contributed by atoms with Crippen LogP contribution in [0.2, 0.25) is 0 Å². The Morgan fingerprint density at radius 2 is 1.87 bits per heavy atom. The Hall–Kier alpha value is -1.65. The Morgan fingerprint density at radius 3 is 2.39 bits per heavy atom. The second-order valence-electron chi connectivity index (χ2n) is 6.70. The summed E-state index contributed by atoms with van der Waals surface area (Å²) in [6, 6.07) is 5.87. The first kappa shape index (κ1) is 17.7. The van der Waals surface area contributed by atoms with Gasteiger partial charge in [-0.2, -0.15) is 5.06 Å². The molecule has 1 aliphatic heterocycles. The fourth-order valence-electron chi connectivity index (χ4n) is 3.21. The molecule has 126 valence electrons. The predicted octanol–water partition coefficient (Wildman–Crippen LogP) is 3.83. The lowest BCUT2D eigenvalue weighted by Gasteiger charge is -2.38. The number of hydrogen-bond donors (Lipinski definition) is 1. The number of benzene rings is 1. The number of carbonyl (C=O) groups is 1. The summed E-state index contributed by atoms with van der Waals surface area (Å²) in [7, 11) is 1.66. The van der Waals surface area contributed by atoms with Gasteiger partial charge in [0.2, 0.25) is 0 Å². The van der Waals surface area contributed by atoms with E-state index in [2.05, 4.69) is 0 Å². The highest BCUT2D eigenvalue weighted by Gasteiger charge is 2.37. The summed E-state index contributed by atoms with van der Waals surface area (Å²) in [4.78, 5) is 17.6. The van der Waals surface area contributed by atoms with Gasteiger partial charge in [0, 0.05) is 18.5 Å². The second kappa shape index (κ2) is 6.85. The van der Waals surface area contributed by atoms with Crippen molar-refractivity contribution < 1.29 is 14.7 Å². The maximum absolute atomic E-state index is 12.3. The molecule has 0 amide bonds. The first-order chi connectivity index (χ1) is 10.8. The van der Waals surface area contributed by atoms with E-state index in [-0.39, 0.29) is 11.5 Å². The molecule has 1 fully saturated rings. The van der Waals surface area contributed by atoms with Crippen LogP contribution >= 0.6 is 0 Å². The third kappa shape index (κ3) is 3.48. The summed E-state index contributed by atoms with van der Waals surface area (Å²) < 4.78 is 0. The molecular formula is C19H27NO3. The fourth-order valence-corrected chi connectivity index (χ4v) is 3.21. The molecule has 1 heterocycles. The summed E-state index contributed by atoms with van der Waals surface area (Å²) in [5.74, 6) is 0.126. The van der Waals surface area contributed by atoms with Gasteiger partial charge in [-0.15, -0.1) is 0 Å². The topological polar surface area (TPSA) is 49.8 Å². The number of aliphatic hydroxyl groups is 1. The number of hydroxylamine groups is 2. The van der Waals surface area contributed by atoms with Gasteiger partial charge in [-0.3, -0.25) is 4.79 Å². The maximum atomic E-state index is 12.3. The fraction of sp³-hybridized carbons (Fsp3) is 0.526. The van der Waals surface area contributed by atoms with E-state index < -0.39 is 5.41 Å². The van der Waals surface area contributed by atoms with Crippen LogP contribution in [0.5, 0.6) is 0 Å². The molecule has 4 nitrogen and oxygen atoms in total. The molecule has 1 N–H and O–H groups in total. The van der Waals surface area contributed by atoms with Crippen molar-refractivity contribution in [3.63, 3.8) is 0 Å². The number of aliphatic hydroxyl groups excluding tert-OH is 1. The van der Waals surface area contributed by atoms with E-state index in [1.54, 1.807) is 7.11 Å². The summed E-state index contributed by atoms with van der Waals surface area (Å²) in [6.45, 7) is 9.07. The zero-order chi connectivity index (χ0) is 17.2. The monoisotopic (exact) mass is 317 g/mol. The molecule has 1 saturated heterocycles. The molecule has 4 heteroatoms. The van der Waals surface area contributed by atoms with Crippen LogP contribution < -0.4 is 0 Å².